The molecular formula is C16H14Br2N4O. The maximum absolute atomic E-state index is 12.7. The summed E-state index contributed by atoms with van der Waals surface area (Å²) in [5.41, 5.74) is 3.07. The topological polar surface area (TPSA) is 59.3 Å². The minimum Gasteiger partial charge on any atom is -0.305 e. The second kappa shape index (κ2) is 6.41. The van der Waals surface area contributed by atoms with Crippen molar-refractivity contribution in [1.82, 2.24) is 14.4 Å². The Bertz CT molecular complexity index is 887. The van der Waals surface area contributed by atoms with E-state index in [-0.39, 0.29) is 5.91 Å². The number of imidazole rings is 1. The van der Waals surface area contributed by atoms with Crippen LogP contribution in [0.15, 0.2) is 39.5 Å². The zero-order chi connectivity index (χ0) is 16.6. The lowest BCUT2D eigenvalue weighted by atomic mass is 10.2. The van der Waals surface area contributed by atoms with E-state index < -0.39 is 0 Å². The van der Waals surface area contributed by atoms with Crippen LogP contribution in [0.25, 0.3) is 5.65 Å². The Labute approximate surface area is 150 Å². The predicted octanol–water partition coefficient (Wildman–Crippen LogP) is 4.38. The van der Waals surface area contributed by atoms with Crippen LogP contribution in [0.2, 0.25) is 0 Å². The lowest BCUT2D eigenvalue weighted by Crippen LogP contribution is -2.17. The first-order chi connectivity index (χ1) is 11.0. The van der Waals surface area contributed by atoms with Crippen LogP contribution >= 0.6 is 31.9 Å². The van der Waals surface area contributed by atoms with Gasteiger partial charge < -0.3 is 5.32 Å². The molecule has 0 radical (unpaired) electrons. The number of rotatable bonds is 3. The molecule has 23 heavy (non-hydrogen) atoms. The second-order valence-corrected chi connectivity index (χ2v) is 6.91. The Balaban J connectivity index is 2.07. The van der Waals surface area contributed by atoms with E-state index in [9.17, 15) is 4.79 Å². The zero-order valence-corrected chi connectivity index (χ0v) is 15.8. The molecule has 0 saturated heterocycles. The van der Waals surface area contributed by atoms with Crippen LogP contribution < -0.4 is 5.32 Å². The highest BCUT2D eigenvalue weighted by atomic mass is 79.9. The molecule has 0 bridgehead atoms. The molecule has 0 atom stereocenters. The molecule has 0 aliphatic heterocycles. The smallest absolute Gasteiger partial charge is 0.275 e. The van der Waals surface area contributed by atoms with Gasteiger partial charge in [0.2, 0.25) is 0 Å². The quantitative estimate of drug-likeness (QED) is 0.661. The van der Waals surface area contributed by atoms with Gasteiger partial charge >= 0.3 is 0 Å². The molecule has 0 unspecified atom stereocenters. The third-order valence-corrected chi connectivity index (χ3v) is 4.46. The Morgan fingerprint density at radius 2 is 2.13 bits per heavy atom. The number of carbonyl (C=O) groups is 1. The summed E-state index contributed by atoms with van der Waals surface area (Å²) in [6.45, 7) is 3.96. The summed E-state index contributed by atoms with van der Waals surface area (Å²) in [5.74, 6) is 0.281. The molecule has 3 aromatic rings. The van der Waals surface area contributed by atoms with Crippen molar-refractivity contribution in [3.05, 3.63) is 56.5 Å². The van der Waals surface area contributed by atoms with Gasteiger partial charge in [0, 0.05) is 16.9 Å². The Kier molecular flexibility index (Phi) is 4.50. The molecule has 3 heterocycles. The van der Waals surface area contributed by atoms with Crippen molar-refractivity contribution in [2.75, 3.05) is 5.32 Å². The molecule has 1 amide bonds. The molecule has 3 aromatic heterocycles. The van der Waals surface area contributed by atoms with Gasteiger partial charge in [-0.05, 0) is 69.0 Å². The number of halogens is 2. The van der Waals surface area contributed by atoms with Gasteiger partial charge in [-0.25, -0.2) is 9.97 Å². The summed E-state index contributed by atoms with van der Waals surface area (Å²) in [6, 6.07) is 5.57. The van der Waals surface area contributed by atoms with E-state index in [1.54, 1.807) is 12.3 Å². The lowest BCUT2D eigenvalue weighted by Gasteiger charge is -2.07. The highest BCUT2D eigenvalue weighted by Crippen LogP contribution is 2.23. The van der Waals surface area contributed by atoms with Gasteiger partial charge in [-0.2, -0.15) is 0 Å². The number of aromatic nitrogens is 3. The van der Waals surface area contributed by atoms with E-state index in [2.05, 4.69) is 47.1 Å². The SMILES string of the molecule is CCc1nc2c(Br)cc(C)cn2c1C(=O)Nc1ccc(Br)cn1. The van der Waals surface area contributed by atoms with Gasteiger partial charge in [0.15, 0.2) is 5.65 Å². The van der Waals surface area contributed by atoms with Crippen LogP contribution in [0.1, 0.15) is 28.7 Å². The van der Waals surface area contributed by atoms with E-state index in [1.165, 1.54) is 0 Å². The van der Waals surface area contributed by atoms with Crippen LogP contribution in [-0.2, 0) is 6.42 Å². The monoisotopic (exact) mass is 436 g/mol. The number of aryl methyl sites for hydroxylation is 2. The zero-order valence-electron chi connectivity index (χ0n) is 12.6. The first-order valence-corrected chi connectivity index (χ1v) is 8.68. The predicted molar refractivity (Wildman–Crippen MR) is 96.9 cm³/mol. The third kappa shape index (κ3) is 3.16. The normalized spacial score (nSPS) is 11.0. The molecule has 0 aliphatic rings. The van der Waals surface area contributed by atoms with E-state index in [0.29, 0.717) is 17.9 Å². The maximum atomic E-state index is 12.7. The van der Waals surface area contributed by atoms with Crippen molar-refractivity contribution in [3.8, 4) is 0 Å². The summed E-state index contributed by atoms with van der Waals surface area (Å²) >= 11 is 6.84. The van der Waals surface area contributed by atoms with Gasteiger partial charge in [-0.15, -0.1) is 0 Å². The fraction of sp³-hybridized carbons (Fsp3) is 0.188. The number of hydrogen-bond donors (Lipinski definition) is 1. The van der Waals surface area contributed by atoms with Crippen molar-refractivity contribution < 1.29 is 4.79 Å². The lowest BCUT2D eigenvalue weighted by molar-refractivity contribution is 0.102. The highest BCUT2D eigenvalue weighted by molar-refractivity contribution is 9.10. The number of nitrogens with one attached hydrogen (secondary N) is 1. The van der Waals surface area contributed by atoms with Crippen molar-refractivity contribution in [3.63, 3.8) is 0 Å². The number of nitrogens with zero attached hydrogens (tertiary/aromatic N) is 3. The maximum Gasteiger partial charge on any atom is 0.275 e. The number of carbonyl (C=O) groups excluding carboxylic acids is 1. The average Bonchev–Trinajstić information content (AvgIpc) is 2.88. The fourth-order valence-corrected chi connectivity index (χ4v) is 3.27. The van der Waals surface area contributed by atoms with Crippen molar-refractivity contribution in [2.45, 2.75) is 20.3 Å². The van der Waals surface area contributed by atoms with E-state index in [1.807, 2.05) is 36.6 Å². The van der Waals surface area contributed by atoms with Crippen LogP contribution in [-0.4, -0.2) is 20.3 Å². The largest absolute Gasteiger partial charge is 0.305 e. The fourth-order valence-electron chi connectivity index (χ4n) is 2.39. The number of amides is 1. The minimum absolute atomic E-state index is 0.221. The van der Waals surface area contributed by atoms with Gasteiger partial charge in [0.05, 0.1) is 10.2 Å². The average molecular weight is 438 g/mol. The van der Waals surface area contributed by atoms with E-state index in [0.717, 1.165) is 25.8 Å². The molecule has 0 spiro atoms. The van der Waals surface area contributed by atoms with Crippen LogP contribution in [0.5, 0.6) is 0 Å². The summed E-state index contributed by atoms with van der Waals surface area (Å²) in [6.07, 6.45) is 4.23. The number of pyridine rings is 2. The van der Waals surface area contributed by atoms with Crippen LogP contribution in [0.4, 0.5) is 5.82 Å². The van der Waals surface area contributed by atoms with Gasteiger partial charge in [-0.1, -0.05) is 6.92 Å². The van der Waals surface area contributed by atoms with Gasteiger partial charge in [-0.3, -0.25) is 9.20 Å². The number of fused-ring (bicyclic) bond motifs is 1. The van der Waals surface area contributed by atoms with E-state index in [4.69, 9.17) is 0 Å². The molecule has 118 valence electrons. The number of anilines is 1. The molecule has 3 rings (SSSR count). The van der Waals surface area contributed by atoms with Crippen molar-refractivity contribution in [2.24, 2.45) is 0 Å². The molecule has 0 saturated carbocycles. The molecule has 7 heteroatoms. The second-order valence-electron chi connectivity index (χ2n) is 5.14. The Hall–Kier alpha value is -1.73. The summed E-state index contributed by atoms with van der Waals surface area (Å²) < 4.78 is 3.55. The van der Waals surface area contributed by atoms with Crippen LogP contribution in [0.3, 0.4) is 0 Å². The first-order valence-electron chi connectivity index (χ1n) is 7.09. The number of hydrogen-bond acceptors (Lipinski definition) is 3. The molecule has 0 aromatic carbocycles. The standard InChI is InChI=1S/C16H14Br2N4O/c1-3-12-14(16(23)21-13-5-4-10(17)7-19-13)22-8-9(2)6-11(18)15(22)20-12/h4-8H,3H2,1-2H3,(H,19,21,23). The molecule has 1 N–H and O–H groups in total. The van der Waals surface area contributed by atoms with Gasteiger partial charge in [0.1, 0.15) is 11.5 Å². The summed E-state index contributed by atoms with van der Waals surface area (Å²) in [7, 11) is 0. The Morgan fingerprint density at radius 3 is 2.78 bits per heavy atom. The third-order valence-electron chi connectivity index (χ3n) is 3.40. The first kappa shape index (κ1) is 16.1. The molecule has 5 nitrogen and oxygen atoms in total. The molecular weight excluding hydrogens is 424 g/mol. The molecule has 0 fully saturated rings. The van der Waals surface area contributed by atoms with Crippen molar-refractivity contribution in [1.29, 1.82) is 0 Å². The van der Waals surface area contributed by atoms with Crippen molar-refractivity contribution >= 4 is 49.2 Å². The summed E-state index contributed by atoms with van der Waals surface area (Å²) in [5, 5.41) is 2.83. The Morgan fingerprint density at radius 1 is 1.35 bits per heavy atom. The highest BCUT2D eigenvalue weighted by Gasteiger charge is 2.20. The molecule has 0 aliphatic carbocycles. The summed E-state index contributed by atoms with van der Waals surface area (Å²) in [4.78, 5) is 21.5. The van der Waals surface area contributed by atoms with Crippen LogP contribution in [0, 0.1) is 6.92 Å². The van der Waals surface area contributed by atoms with E-state index >= 15 is 0 Å². The minimum atomic E-state index is -0.221. The van der Waals surface area contributed by atoms with Gasteiger partial charge in [0.25, 0.3) is 5.91 Å².